The van der Waals surface area contributed by atoms with Crippen LogP contribution in [0.4, 0.5) is 24.9 Å². The minimum Gasteiger partial charge on any atom is -0.406 e. The number of alkyl halides is 3. The lowest BCUT2D eigenvalue weighted by atomic mass is 10.1. The average molecular weight is 507 g/mol. The van der Waals surface area contributed by atoms with E-state index in [1.807, 2.05) is 24.3 Å². The first-order valence-electron chi connectivity index (χ1n) is 10.3. The molecule has 0 saturated heterocycles. The van der Waals surface area contributed by atoms with Gasteiger partial charge in [0.05, 0.1) is 5.69 Å². The highest BCUT2D eigenvalue weighted by atomic mass is 79.9. The highest BCUT2D eigenvalue weighted by Gasteiger charge is 2.31. The third kappa shape index (κ3) is 6.12. The number of rotatable bonds is 7. The predicted molar refractivity (Wildman–Crippen MR) is 121 cm³/mol. The lowest BCUT2D eigenvalue weighted by Crippen LogP contribution is -2.18. The smallest absolute Gasteiger partial charge is 0.406 e. The molecular formula is C23H22BrF3N4O. The molecule has 9 heteroatoms. The third-order valence-corrected chi connectivity index (χ3v) is 5.97. The van der Waals surface area contributed by atoms with Crippen LogP contribution in [-0.2, 0) is 6.54 Å². The Balaban J connectivity index is 1.62. The number of nitrogens with one attached hydrogen (secondary N) is 2. The summed E-state index contributed by atoms with van der Waals surface area (Å²) in [6.07, 6.45) is -0.359. The molecule has 3 aromatic rings. The van der Waals surface area contributed by atoms with E-state index in [9.17, 15) is 13.2 Å². The summed E-state index contributed by atoms with van der Waals surface area (Å²) >= 11 is 3.53. The number of hydrogen-bond acceptors (Lipinski definition) is 5. The van der Waals surface area contributed by atoms with Crippen molar-refractivity contribution in [2.75, 3.05) is 10.6 Å². The van der Waals surface area contributed by atoms with Crippen molar-refractivity contribution < 1.29 is 17.9 Å². The van der Waals surface area contributed by atoms with Gasteiger partial charge in [-0.15, -0.1) is 13.2 Å². The Kier molecular flexibility index (Phi) is 6.83. The van der Waals surface area contributed by atoms with Gasteiger partial charge in [0.2, 0.25) is 5.95 Å². The summed E-state index contributed by atoms with van der Waals surface area (Å²) in [4.78, 5) is 9.16. The van der Waals surface area contributed by atoms with Crippen molar-refractivity contribution in [1.82, 2.24) is 9.97 Å². The second kappa shape index (κ2) is 9.77. The van der Waals surface area contributed by atoms with Gasteiger partial charge in [-0.2, -0.15) is 4.98 Å². The molecule has 0 spiro atoms. The Hall–Kier alpha value is -2.81. The highest BCUT2D eigenvalue weighted by Crippen LogP contribution is 2.30. The maximum absolute atomic E-state index is 12.7. The van der Waals surface area contributed by atoms with E-state index in [-0.39, 0.29) is 5.75 Å². The normalized spacial score (nSPS) is 14.4. The van der Waals surface area contributed by atoms with Gasteiger partial charge in [-0.25, -0.2) is 4.98 Å². The van der Waals surface area contributed by atoms with Gasteiger partial charge in [0.15, 0.2) is 0 Å². The first-order chi connectivity index (χ1) is 15.4. The van der Waals surface area contributed by atoms with Crippen LogP contribution in [0.15, 0.2) is 59.1 Å². The fraction of sp³-hybridized carbons (Fsp3) is 0.304. The van der Waals surface area contributed by atoms with E-state index in [1.165, 1.54) is 18.2 Å². The Morgan fingerprint density at radius 3 is 2.53 bits per heavy atom. The summed E-state index contributed by atoms with van der Waals surface area (Å²) in [5.74, 6) is 0.737. The van der Waals surface area contributed by atoms with Crippen molar-refractivity contribution in [3.8, 4) is 17.0 Å². The number of hydrogen-bond donors (Lipinski definition) is 2. The number of benzene rings is 2. The summed E-state index contributed by atoms with van der Waals surface area (Å²) in [6.45, 7) is 0.526. The van der Waals surface area contributed by atoms with E-state index in [0.717, 1.165) is 35.7 Å². The van der Waals surface area contributed by atoms with Crippen LogP contribution in [0.1, 0.15) is 31.2 Å². The second-order valence-electron chi connectivity index (χ2n) is 7.61. The van der Waals surface area contributed by atoms with E-state index in [2.05, 4.69) is 41.3 Å². The number of anilines is 2. The molecule has 0 atom stereocenters. The topological polar surface area (TPSA) is 59.1 Å². The third-order valence-electron chi connectivity index (χ3n) is 5.20. The molecule has 4 rings (SSSR count). The lowest BCUT2D eigenvalue weighted by molar-refractivity contribution is -0.274. The van der Waals surface area contributed by atoms with Gasteiger partial charge < -0.3 is 15.4 Å². The summed E-state index contributed by atoms with van der Waals surface area (Å²) in [5.41, 5.74) is 2.06. The molecule has 0 unspecified atom stereocenters. The van der Waals surface area contributed by atoms with Crippen molar-refractivity contribution in [2.24, 2.45) is 0 Å². The van der Waals surface area contributed by atoms with Crippen LogP contribution >= 0.6 is 15.9 Å². The molecule has 2 N–H and O–H groups in total. The molecule has 1 aliphatic carbocycles. The van der Waals surface area contributed by atoms with Gasteiger partial charge in [-0.05, 0) is 36.6 Å². The van der Waals surface area contributed by atoms with Crippen molar-refractivity contribution in [3.63, 3.8) is 0 Å². The van der Waals surface area contributed by atoms with E-state index < -0.39 is 6.36 Å². The maximum Gasteiger partial charge on any atom is 0.573 e. The average Bonchev–Trinajstić information content (AvgIpc) is 3.25. The zero-order chi connectivity index (χ0) is 22.6. The monoisotopic (exact) mass is 506 g/mol. The molecule has 0 radical (unpaired) electrons. The Labute approximate surface area is 192 Å². The molecule has 5 nitrogen and oxygen atoms in total. The maximum atomic E-state index is 12.7. The van der Waals surface area contributed by atoms with Gasteiger partial charge in [0, 0.05) is 28.7 Å². The number of aromatic nitrogens is 2. The fourth-order valence-electron chi connectivity index (χ4n) is 3.68. The van der Waals surface area contributed by atoms with Crippen molar-refractivity contribution >= 4 is 27.7 Å². The fourth-order valence-corrected chi connectivity index (χ4v) is 4.11. The number of halogens is 4. The molecule has 1 heterocycles. The molecule has 32 heavy (non-hydrogen) atoms. The van der Waals surface area contributed by atoms with Crippen LogP contribution in [0.5, 0.6) is 5.75 Å². The van der Waals surface area contributed by atoms with Crippen LogP contribution in [0, 0.1) is 0 Å². The molecule has 0 amide bonds. The van der Waals surface area contributed by atoms with E-state index in [4.69, 9.17) is 0 Å². The molecule has 0 aliphatic heterocycles. The molecular weight excluding hydrogens is 485 g/mol. The standard InChI is InChI=1S/C23H22BrF3N4O/c24-19-11-4-1-6-16(19)14-28-21-13-20(30-22(31-21)29-17-8-2-3-9-17)15-7-5-10-18(12-15)32-23(25,26)27/h1,4-7,10-13,17H,2-3,8-9,14H2,(H2,28,29,30,31). The van der Waals surface area contributed by atoms with Crippen LogP contribution in [0.3, 0.4) is 0 Å². The summed E-state index contributed by atoms with van der Waals surface area (Å²) < 4.78 is 43.0. The van der Waals surface area contributed by atoms with E-state index in [0.29, 0.717) is 35.6 Å². The second-order valence-corrected chi connectivity index (χ2v) is 8.46. The van der Waals surface area contributed by atoms with Gasteiger partial charge in [-0.3, -0.25) is 0 Å². The Bertz CT molecular complexity index is 1070. The molecule has 1 aromatic heterocycles. The van der Waals surface area contributed by atoms with Gasteiger partial charge in [0.1, 0.15) is 11.6 Å². The quantitative estimate of drug-likeness (QED) is 0.370. The predicted octanol–water partition coefficient (Wildman–Crippen LogP) is 6.77. The number of nitrogens with zero attached hydrogens (tertiary/aromatic N) is 2. The Morgan fingerprint density at radius 1 is 1.00 bits per heavy atom. The highest BCUT2D eigenvalue weighted by molar-refractivity contribution is 9.10. The molecule has 1 saturated carbocycles. The van der Waals surface area contributed by atoms with E-state index >= 15 is 0 Å². The summed E-state index contributed by atoms with van der Waals surface area (Å²) in [5, 5.41) is 6.67. The van der Waals surface area contributed by atoms with Gasteiger partial charge in [0.25, 0.3) is 0 Å². The first-order valence-corrected chi connectivity index (χ1v) is 11.1. The van der Waals surface area contributed by atoms with Crippen molar-refractivity contribution in [2.45, 2.75) is 44.6 Å². The van der Waals surface area contributed by atoms with Crippen molar-refractivity contribution in [1.29, 1.82) is 0 Å². The molecule has 0 bridgehead atoms. The van der Waals surface area contributed by atoms with E-state index in [1.54, 1.807) is 12.1 Å². The van der Waals surface area contributed by atoms with Gasteiger partial charge >= 0.3 is 6.36 Å². The van der Waals surface area contributed by atoms with Crippen LogP contribution in [-0.4, -0.2) is 22.4 Å². The zero-order valence-electron chi connectivity index (χ0n) is 17.1. The minimum absolute atomic E-state index is 0.290. The summed E-state index contributed by atoms with van der Waals surface area (Å²) in [6, 6.07) is 15.7. The SMILES string of the molecule is FC(F)(F)Oc1cccc(-c2cc(NCc3ccccc3Br)nc(NC3CCCC3)n2)c1. The zero-order valence-corrected chi connectivity index (χ0v) is 18.7. The summed E-state index contributed by atoms with van der Waals surface area (Å²) in [7, 11) is 0. The molecule has 1 aliphatic rings. The molecule has 1 fully saturated rings. The van der Waals surface area contributed by atoms with Crippen molar-refractivity contribution in [3.05, 3.63) is 64.6 Å². The molecule has 2 aromatic carbocycles. The van der Waals surface area contributed by atoms with Crippen LogP contribution < -0.4 is 15.4 Å². The first kappa shape index (κ1) is 22.4. The van der Waals surface area contributed by atoms with Crippen LogP contribution in [0.2, 0.25) is 0 Å². The Morgan fingerprint density at radius 2 is 1.78 bits per heavy atom. The largest absolute Gasteiger partial charge is 0.573 e. The van der Waals surface area contributed by atoms with Crippen LogP contribution in [0.25, 0.3) is 11.3 Å². The number of ether oxygens (including phenoxy) is 1. The lowest BCUT2D eigenvalue weighted by Gasteiger charge is -2.16. The van der Waals surface area contributed by atoms with Gasteiger partial charge in [-0.1, -0.05) is 59.1 Å². The molecule has 168 valence electrons. The minimum atomic E-state index is -4.75.